The number of nitrogens with zero attached hydrogens (tertiary/aromatic N) is 5. The Morgan fingerprint density at radius 2 is 1.94 bits per heavy atom. The maximum Gasteiger partial charge on any atom is 0.160 e. The van der Waals surface area contributed by atoms with E-state index in [1.54, 1.807) is 0 Å². The Bertz CT molecular complexity index is 1230. The fraction of sp³-hybridized carbons (Fsp3) is 0.250. The third-order valence-corrected chi connectivity index (χ3v) is 5.49. The lowest BCUT2D eigenvalue weighted by molar-refractivity contribution is 0.612. The molecule has 1 aromatic carbocycles. The van der Waals surface area contributed by atoms with Crippen molar-refractivity contribution in [2.75, 3.05) is 17.7 Å². The lowest BCUT2D eigenvalue weighted by Gasteiger charge is -2.21. The van der Waals surface area contributed by atoms with Crippen LogP contribution in [0.4, 0.5) is 11.6 Å². The Hall–Kier alpha value is -3.74. The van der Waals surface area contributed by atoms with Gasteiger partial charge in [0.05, 0.1) is 11.9 Å². The van der Waals surface area contributed by atoms with Crippen molar-refractivity contribution < 1.29 is 0 Å². The standard InChI is InChI=1S/C24H29N7/c1-16(2)30-15-20(19(10-11-25)23(30)26)21-12-22(31-24(28-21)17(3)13-27-31)29(4)14-18-8-6-5-7-9-18/h5-13,15-16H,14,25-26H2,1-4H3/b11-10-. The van der Waals surface area contributed by atoms with E-state index < -0.39 is 0 Å². The van der Waals surface area contributed by atoms with Gasteiger partial charge in [-0.15, -0.1) is 0 Å². The molecule has 0 saturated heterocycles. The van der Waals surface area contributed by atoms with Crippen molar-refractivity contribution in [3.63, 3.8) is 0 Å². The highest BCUT2D eigenvalue weighted by molar-refractivity contribution is 5.82. The SMILES string of the molecule is Cc1cnn2c(N(C)Cc3ccccc3)cc(-c3cn(C(C)C)c(N)c3/C=C\N)nc12. The molecule has 0 amide bonds. The van der Waals surface area contributed by atoms with Gasteiger partial charge in [-0.25, -0.2) is 4.98 Å². The fourth-order valence-corrected chi connectivity index (χ4v) is 3.86. The number of anilines is 2. The lowest BCUT2D eigenvalue weighted by atomic mass is 10.1. The van der Waals surface area contributed by atoms with Gasteiger partial charge in [-0.2, -0.15) is 9.61 Å². The third-order valence-electron chi connectivity index (χ3n) is 5.49. The van der Waals surface area contributed by atoms with Gasteiger partial charge in [0.25, 0.3) is 0 Å². The van der Waals surface area contributed by atoms with Gasteiger partial charge in [0.1, 0.15) is 11.6 Å². The predicted octanol–water partition coefficient (Wildman–Crippen LogP) is 4.24. The Kier molecular flexibility index (Phi) is 5.42. The van der Waals surface area contributed by atoms with E-state index in [0.29, 0.717) is 5.82 Å². The van der Waals surface area contributed by atoms with Crippen LogP contribution in [0.3, 0.4) is 0 Å². The average Bonchev–Trinajstić information content (AvgIpc) is 3.29. The van der Waals surface area contributed by atoms with Crippen LogP contribution in [0, 0.1) is 6.92 Å². The van der Waals surface area contributed by atoms with Crippen molar-refractivity contribution in [2.24, 2.45) is 5.73 Å². The molecule has 0 saturated carbocycles. The van der Waals surface area contributed by atoms with E-state index in [4.69, 9.17) is 16.5 Å². The minimum Gasteiger partial charge on any atom is -0.405 e. The van der Waals surface area contributed by atoms with Gasteiger partial charge in [-0.1, -0.05) is 30.3 Å². The Morgan fingerprint density at radius 1 is 1.19 bits per heavy atom. The molecule has 4 N–H and O–H groups in total. The quantitative estimate of drug-likeness (QED) is 0.492. The molecule has 0 aliphatic carbocycles. The molecule has 0 unspecified atom stereocenters. The summed E-state index contributed by atoms with van der Waals surface area (Å²) < 4.78 is 3.94. The van der Waals surface area contributed by atoms with Gasteiger partial charge in [-0.05, 0) is 38.6 Å². The minimum atomic E-state index is 0.222. The number of nitrogens with two attached hydrogens (primary N) is 2. The first kappa shape index (κ1) is 20.5. The number of aryl methyl sites for hydroxylation is 1. The summed E-state index contributed by atoms with van der Waals surface area (Å²) in [5.74, 6) is 1.63. The molecule has 0 radical (unpaired) electrons. The molecule has 0 fully saturated rings. The zero-order valence-electron chi connectivity index (χ0n) is 18.4. The van der Waals surface area contributed by atoms with Gasteiger partial charge < -0.3 is 20.9 Å². The van der Waals surface area contributed by atoms with Gasteiger partial charge >= 0.3 is 0 Å². The molecule has 0 bridgehead atoms. The molecule has 4 aromatic rings. The van der Waals surface area contributed by atoms with E-state index in [9.17, 15) is 0 Å². The summed E-state index contributed by atoms with van der Waals surface area (Å²) in [6.45, 7) is 6.98. The number of hydrogen-bond acceptors (Lipinski definition) is 5. The summed E-state index contributed by atoms with van der Waals surface area (Å²) in [5.41, 5.74) is 17.9. The largest absolute Gasteiger partial charge is 0.405 e. The minimum absolute atomic E-state index is 0.222. The molecule has 7 nitrogen and oxygen atoms in total. The number of hydrogen-bond donors (Lipinski definition) is 2. The summed E-state index contributed by atoms with van der Waals surface area (Å²) in [5, 5.41) is 4.57. The molecule has 160 valence electrons. The Balaban J connectivity index is 1.89. The van der Waals surface area contributed by atoms with E-state index in [1.165, 1.54) is 11.8 Å². The smallest absolute Gasteiger partial charge is 0.160 e. The van der Waals surface area contributed by atoms with Crippen LogP contribution in [0.15, 0.2) is 55.0 Å². The molecule has 0 atom stereocenters. The van der Waals surface area contributed by atoms with Crippen molar-refractivity contribution in [3.05, 3.63) is 71.7 Å². The molecular formula is C24H29N7. The Morgan fingerprint density at radius 3 is 2.61 bits per heavy atom. The summed E-state index contributed by atoms with van der Waals surface area (Å²) in [7, 11) is 2.07. The van der Waals surface area contributed by atoms with Gasteiger partial charge in [0.15, 0.2) is 5.65 Å². The van der Waals surface area contributed by atoms with Crippen LogP contribution in [0.2, 0.25) is 0 Å². The number of benzene rings is 1. The van der Waals surface area contributed by atoms with Crippen LogP contribution in [0.5, 0.6) is 0 Å². The fourth-order valence-electron chi connectivity index (χ4n) is 3.86. The first-order valence-corrected chi connectivity index (χ1v) is 10.4. The second kappa shape index (κ2) is 8.18. The maximum atomic E-state index is 6.45. The first-order valence-electron chi connectivity index (χ1n) is 10.4. The lowest BCUT2D eigenvalue weighted by Crippen LogP contribution is -2.20. The third kappa shape index (κ3) is 3.74. The highest BCUT2D eigenvalue weighted by Gasteiger charge is 2.19. The second-order valence-corrected chi connectivity index (χ2v) is 8.11. The number of rotatable bonds is 6. The van der Waals surface area contributed by atoms with E-state index in [2.05, 4.69) is 67.4 Å². The summed E-state index contributed by atoms with van der Waals surface area (Å²) >= 11 is 0. The molecule has 3 heterocycles. The van der Waals surface area contributed by atoms with Crippen LogP contribution >= 0.6 is 0 Å². The van der Waals surface area contributed by atoms with Crippen molar-refractivity contribution in [1.82, 2.24) is 19.2 Å². The predicted molar refractivity (Wildman–Crippen MR) is 128 cm³/mol. The van der Waals surface area contributed by atoms with E-state index in [0.717, 1.165) is 40.4 Å². The maximum absolute atomic E-state index is 6.45. The molecule has 0 aliphatic rings. The monoisotopic (exact) mass is 415 g/mol. The van der Waals surface area contributed by atoms with Gasteiger partial charge in [0, 0.05) is 48.6 Å². The van der Waals surface area contributed by atoms with E-state index in [1.807, 2.05) is 34.3 Å². The van der Waals surface area contributed by atoms with Crippen LogP contribution in [-0.2, 0) is 6.54 Å². The highest BCUT2D eigenvalue weighted by Crippen LogP contribution is 2.34. The van der Waals surface area contributed by atoms with Crippen molar-refractivity contribution in [2.45, 2.75) is 33.4 Å². The Labute approximate surface area is 182 Å². The van der Waals surface area contributed by atoms with Gasteiger partial charge in [-0.3, -0.25) is 0 Å². The van der Waals surface area contributed by atoms with E-state index >= 15 is 0 Å². The van der Waals surface area contributed by atoms with E-state index in [-0.39, 0.29) is 6.04 Å². The molecule has 3 aromatic heterocycles. The molecule has 4 rings (SSSR count). The van der Waals surface area contributed by atoms with Crippen LogP contribution in [-0.4, -0.2) is 26.2 Å². The average molecular weight is 416 g/mol. The van der Waals surface area contributed by atoms with Crippen LogP contribution < -0.4 is 16.4 Å². The molecule has 0 aliphatic heterocycles. The van der Waals surface area contributed by atoms with Crippen molar-refractivity contribution in [1.29, 1.82) is 0 Å². The van der Waals surface area contributed by atoms with Crippen LogP contribution in [0.25, 0.3) is 23.0 Å². The number of fused-ring (bicyclic) bond motifs is 1. The molecular weight excluding hydrogens is 386 g/mol. The summed E-state index contributed by atoms with van der Waals surface area (Å²) in [6, 6.07) is 12.7. The van der Waals surface area contributed by atoms with Crippen LogP contribution in [0.1, 0.15) is 36.6 Å². The van der Waals surface area contributed by atoms with Crippen molar-refractivity contribution in [3.8, 4) is 11.3 Å². The summed E-state index contributed by atoms with van der Waals surface area (Å²) in [6.07, 6.45) is 7.26. The topological polar surface area (TPSA) is 90.4 Å². The number of nitrogen functional groups attached to an aromatic ring is 1. The first-order chi connectivity index (χ1) is 14.9. The molecule has 31 heavy (non-hydrogen) atoms. The van der Waals surface area contributed by atoms with Crippen molar-refractivity contribution >= 4 is 23.4 Å². The highest BCUT2D eigenvalue weighted by atomic mass is 15.3. The normalized spacial score (nSPS) is 11.8. The summed E-state index contributed by atoms with van der Waals surface area (Å²) in [4.78, 5) is 7.12. The second-order valence-electron chi connectivity index (χ2n) is 8.11. The number of aromatic nitrogens is 4. The van der Waals surface area contributed by atoms with Gasteiger partial charge in [0.2, 0.25) is 0 Å². The molecule has 7 heteroatoms. The molecule has 0 spiro atoms. The zero-order valence-corrected chi connectivity index (χ0v) is 18.4. The zero-order chi connectivity index (χ0) is 22.1.